The number of aliphatic hydroxyl groups is 1. The van der Waals surface area contributed by atoms with Crippen LogP contribution in [0.4, 0.5) is 0 Å². The Balaban J connectivity index is 2.58. The quantitative estimate of drug-likeness (QED) is 0.641. The number of carbonyl (C=O) groups is 2. The Morgan fingerprint density at radius 1 is 1.46 bits per heavy atom. The van der Waals surface area contributed by atoms with Gasteiger partial charge in [0.15, 0.2) is 12.3 Å². The molecule has 0 spiro atoms. The van der Waals surface area contributed by atoms with Gasteiger partial charge in [0.2, 0.25) is 0 Å². The number of esters is 2. The molecule has 4 atom stereocenters. The van der Waals surface area contributed by atoms with E-state index in [1.807, 2.05) is 4.98 Å². The summed E-state index contributed by atoms with van der Waals surface area (Å²) in [5.74, 6) is -1.75. The van der Waals surface area contributed by atoms with Crippen molar-refractivity contribution in [1.29, 1.82) is 0 Å². The monoisotopic (exact) mass is 346 g/mol. The summed E-state index contributed by atoms with van der Waals surface area (Å²) in [4.78, 5) is 47.8. The molecule has 1 fully saturated rings. The summed E-state index contributed by atoms with van der Waals surface area (Å²) < 4.78 is 39.3. The normalized spacial score (nSPS) is 31.6. The van der Waals surface area contributed by atoms with Crippen molar-refractivity contribution >= 4 is 11.9 Å². The lowest BCUT2D eigenvalue weighted by atomic mass is 9.98. The minimum absolute atomic E-state index is 0.720. The zero-order valence-corrected chi connectivity index (χ0v) is 12.8. The van der Waals surface area contributed by atoms with E-state index in [9.17, 15) is 24.3 Å². The highest BCUT2D eigenvalue weighted by atomic mass is 16.6. The van der Waals surface area contributed by atoms with E-state index in [-0.39, 0.29) is 0 Å². The lowest BCUT2D eigenvalue weighted by molar-refractivity contribution is -0.172. The minimum Gasteiger partial charge on any atom is -0.463 e. The third kappa shape index (κ3) is 3.54. The number of rotatable bonds is 4. The summed E-state index contributed by atoms with van der Waals surface area (Å²) in [5.41, 5.74) is -4.14. The van der Waals surface area contributed by atoms with Gasteiger partial charge in [-0.3, -0.25) is 23.9 Å². The Kier molecular flexibility index (Phi) is 3.82. The van der Waals surface area contributed by atoms with Gasteiger partial charge in [0, 0.05) is 30.2 Å². The molecule has 0 radical (unpaired) electrons. The summed E-state index contributed by atoms with van der Waals surface area (Å²) in [6.07, 6.45) is -4.24. The third-order valence-electron chi connectivity index (χ3n) is 3.30. The number of nitrogens with one attached hydrogen (secondary N) is 1. The lowest BCUT2D eigenvalue weighted by Crippen LogP contribution is -2.47. The Morgan fingerprint density at radius 3 is 2.71 bits per heavy atom. The van der Waals surface area contributed by atoms with Crippen LogP contribution in [0.3, 0.4) is 0 Å². The summed E-state index contributed by atoms with van der Waals surface area (Å²) in [7, 11) is 0. The molecule has 1 aliphatic heterocycles. The van der Waals surface area contributed by atoms with E-state index in [2.05, 4.69) is 0 Å². The van der Waals surface area contributed by atoms with Gasteiger partial charge in [0.25, 0.3) is 5.56 Å². The van der Waals surface area contributed by atoms with Crippen molar-refractivity contribution in [2.24, 2.45) is 0 Å². The smallest absolute Gasteiger partial charge is 0.330 e. The first-order valence-corrected chi connectivity index (χ1v) is 6.87. The first kappa shape index (κ1) is 13.9. The number of hydrogen-bond donors (Lipinski definition) is 2. The van der Waals surface area contributed by atoms with E-state index in [1.54, 1.807) is 0 Å². The van der Waals surface area contributed by atoms with Crippen molar-refractivity contribution in [2.45, 2.75) is 44.7 Å². The van der Waals surface area contributed by atoms with E-state index in [4.69, 9.17) is 18.3 Å². The van der Waals surface area contributed by atoms with Gasteiger partial charge in [0.05, 0.1) is 0 Å². The van der Waals surface area contributed by atoms with Crippen LogP contribution in [0.25, 0.3) is 0 Å². The van der Waals surface area contributed by atoms with E-state index >= 15 is 0 Å². The summed E-state index contributed by atoms with van der Waals surface area (Å²) in [5, 5.41) is 10.6. The molecule has 24 heavy (non-hydrogen) atoms. The predicted molar refractivity (Wildman–Crippen MR) is 78.0 cm³/mol. The van der Waals surface area contributed by atoms with Crippen LogP contribution in [-0.2, 0) is 23.8 Å². The molecule has 1 aromatic heterocycles. The second kappa shape index (κ2) is 6.57. The highest BCUT2D eigenvalue weighted by Crippen LogP contribution is 2.38. The van der Waals surface area contributed by atoms with Gasteiger partial charge in [-0.05, 0) is 6.85 Å². The first-order valence-electron chi connectivity index (χ1n) is 8.37. The van der Waals surface area contributed by atoms with Crippen molar-refractivity contribution in [3.8, 4) is 0 Å². The Labute approximate surface area is 140 Å². The number of hydrogen-bond acceptors (Lipinski definition) is 8. The molecule has 0 aliphatic carbocycles. The molecule has 0 saturated carbocycles. The molecule has 0 bridgehead atoms. The maximum atomic E-state index is 12.0. The van der Waals surface area contributed by atoms with Gasteiger partial charge in [-0.1, -0.05) is 0 Å². The average molecular weight is 346 g/mol. The SMILES string of the molecule is [2H]C([2H])([2H])[C@]1(COC(C)=O)O[C@@H](n2cc[13c](=O)[nH]c2=O)[C@@H](O)[C@H]1OC(C)=O. The zero-order chi connectivity index (χ0) is 20.6. The molecule has 1 aromatic rings. The summed E-state index contributed by atoms with van der Waals surface area (Å²) in [6, 6.07) is 0.958. The average Bonchev–Trinajstić information content (AvgIpc) is 2.79. The lowest BCUT2D eigenvalue weighted by Gasteiger charge is -2.29. The fourth-order valence-electron chi connectivity index (χ4n) is 2.30. The van der Waals surface area contributed by atoms with Gasteiger partial charge in [0.1, 0.15) is 18.3 Å². The maximum absolute atomic E-state index is 12.0. The first-order chi connectivity index (χ1) is 12.4. The van der Waals surface area contributed by atoms with E-state index in [0.717, 1.165) is 30.7 Å². The fourth-order valence-corrected chi connectivity index (χ4v) is 2.30. The number of aromatic nitrogens is 2. The van der Waals surface area contributed by atoms with Crippen LogP contribution in [0.2, 0.25) is 0 Å². The van der Waals surface area contributed by atoms with E-state index in [1.165, 1.54) is 0 Å². The molecular weight excluding hydrogens is 325 g/mol. The molecule has 1 saturated heterocycles. The molecule has 10 heteroatoms. The maximum Gasteiger partial charge on any atom is 0.330 e. The van der Waals surface area contributed by atoms with Crippen molar-refractivity contribution in [3.05, 3.63) is 33.1 Å². The van der Waals surface area contributed by atoms with Crippen molar-refractivity contribution < 1.29 is 33.0 Å². The number of aliphatic hydroxyl groups excluding tert-OH is 1. The van der Waals surface area contributed by atoms with Crippen LogP contribution in [-0.4, -0.2) is 51.0 Å². The molecule has 0 amide bonds. The van der Waals surface area contributed by atoms with Crippen molar-refractivity contribution in [1.82, 2.24) is 9.55 Å². The van der Waals surface area contributed by atoms with Crippen molar-refractivity contribution in [3.63, 3.8) is 0 Å². The third-order valence-corrected chi connectivity index (χ3v) is 3.30. The zero-order valence-electron chi connectivity index (χ0n) is 15.8. The molecule has 0 unspecified atom stereocenters. The molecule has 0 aromatic carbocycles. The standard InChI is InChI=1S/C14H18N2O8/c1-7(17)22-6-14(3)11(23-8(2)18)10(20)12(24-14)16-5-4-9(19)15-13(16)21/h4-5,10-12,20H,6H2,1-3H3,(H,15,19,21)/t10-,11+,12+,14+/m0/s1/i3D3,9+1. The Morgan fingerprint density at radius 2 is 2.17 bits per heavy atom. The minimum atomic E-state index is -3.02. The number of carbonyl (C=O) groups excluding carboxylic acids is 2. The van der Waals surface area contributed by atoms with Crippen LogP contribution >= 0.6 is 0 Å². The van der Waals surface area contributed by atoms with Crippen LogP contribution in [0, 0.1) is 0 Å². The Bertz CT molecular complexity index is 848. The Hall–Kier alpha value is -2.46. The highest BCUT2D eigenvalue weighted by molar-refractivity contribution is 5.67. The summed E-state index contributed by atoms with van der Waals surface area (Å²) in [6.45, 7) is -1.88. The number of ether oxygens (including phenoxy) is 3. The molecule has 2 rings (SSSR count). The summed E-state index contributed by atoms with van der Waals surface area (Å²) >= 11 is 0. The predicted octanol–water partition coefficient (Wildman–Crippen LogP) is -1.32. The van der Waals surface area contributed by atoms with Gasteiger partial charge >= 0.3 is 17.6 Å². The van der Waals surface area contributed by atoms with Crippen LogP contribution in [0.5, 0.6) is 0 Å². The molecule has 2 N–H and O–H groups in total. The van der Waals surface area contributed by atoms with Crippen LogP contribution < -0.4 is 11.2 Å². The van der Waals surface area contributed by atoms with Crippen LogP contribution in [0.1, 0.15) is 31.0 Å². The molecule has 1 aliphatic rings. The molecule has 10 nitrogen and oxygen atoms in total. The molecule has 2 heterocycles. The number of aromatic amines is 1. The van der Waals surface area contributed by atoms with E-state index in [0.29, 0.717) is 0 Å². The highest BCUT2D eigenvalue weighted by Gasteiger charge is 2.55. The van der Waals surface area contributed by atoms with Crippen molar-refractivity contribution in [2.75, 3.05) is 6.61 Å². The fraction of sp³-hybridized carbons (Fsp3) is 0.571. The van der Waals surface area contributed by atoms with E-state index < -0.39 is 60.7 Å². The number of nitrogens with zero attached hydrogens (tertiary/aromatic N) is 1. The van der Waals surface area contributed by atoms with Gasteiger partial charge in [-0.15, -0.1) is 0 Å². The molecule has 132 valence electrons. The second-order valence-corrected chi connectivity index (χ2v) is 5.22. The number of H-pyrrole nitrogens is 1. The molecular formula is C14H18N2O8. The largest absolute Gasteiger partial charge is 0.463 e. The van der Waals surface area contributed by atoms with Gasteiger partial charge in [-0.25, -0.2) is 4.79 Å². The second-order valence-electron chi connectivity index (χ2n) is 5.22. The van der Waals surface area contributed by atoms with Gasteiger partial charge in [-0.2, -0.15) is 0 Å². The van der Waals surface area contributed by atoms with Gasteiger partial charge < -0.3 is 19.3 Å². The van der Waals surface area contributed by atoms with Crippen LogP contribution in [0.15, 0.2) is 21.9 Å². The topological polar surface area (TPSA) is 137 Å².